The number of nitrogens with zero attached hydrogens (tertiary/aromatic N) is 1. The monoisotopic (exact) mass is 261 g/mol. The third kappa shape index (κ3) is 2.12. The molecular weight excluding hydrogens is 256 g/mol. The summed E-state index contributed by atoms with van der Waals surface area (Å²) in [7, 11) is 0. The van der Waals surface area contributed by atoms with Crippen molar-refractivity contribution in [1.82, 2.24) is 5.16 Å². The van der Waals surface area contributed by atoms with Gasteiger partial charge in [-0.2, -0.15) is 0 Å². The molecule has 2 nitrogen and oxygen atoms in total. The average Bonchev–Trinajstić information content (AvgIpc) is 2.61. The van der Waals surface area contributed by atoms with Crippen LogP contribution in [0.3, 0.4) is 0 Å². The van der Waals surface area contributed by atoms with Gasteiger partial charge in [-0.1, -0.05) is 58.7 Å². The van der Waals surface area contributed by atoms with Crippen LogP contribution in [0.15, 0.2) is 34.9 Å². The highest BCUT2D eigenvalue weighted by Gasteiger charge is 2.21. The molecule has 0 unspecified atom stereocenters. The second kappa shape index (κ2) is 4.44. The molecule has 0 saturated heterocycles. The lowest BCUT2D eigenvalue weighted by Crippen LogP contribution is -1.85. The minimum absolute atomic E-state index is 0.129. The molecule has 78 valence electrons. The summed E-state index contributed by atoms with van der Waals surface area (Å²) in [5.74, 6) is 0. The molecule has 0 amide bonds. The molecule has 1 aromatic carbocycles. The summed E-state index contributed by atoms with van der Waals surface area (Å²) in [5.41, 5.74) is 1.95. The minimum atomic E-state index is -0.751. The standard InChI is InChI=1S/C10H6Cl3NO/c11-9(12)7-8(14-15-10(7)13)6-4-2-1-3-5-6/h1-5,9H. The van der Waals surface area contributed by atoms with Crippen LogP contribution in [0.25, 0.3) is 11.3 Å². The van der Waals surface area contributed by atoms with E-state index in [1.54, 1.807) is 0 Å². The third-order valence-corrected chi connectivity index (χ3v) is 2.66. The molecular formula is C10H6Cl3NO. The van der Waals surface area contributed by atoms with Gasteiger partial charge in [-0.3, -0.25) is 0 Å². The number of hydrogen-bond donors (Lipinski definition) is 0. The number of aromatic nitrogens is 1. The van der Waals surface area contributed by atoms with E-state index in [0.717, 1.165) is 5.56 Å². The second-order valence-corrected chi connectivity index (χ2v) is 4.32. The van der Waals surface area contributed by atoms with Gasteiger partial charge in [0.1, 0.15) is 10.5 Å². The number of hydrogen-bond acceptors (Lipinski definition) is 2. The van der Waals surface area contributed by atoms with Crippen molar-refractivity contribution >= 4 is 34.8 Å². The predicted molar refractivity (Wildman–Crippen MR) is 61.4 cm³/mol. The molecule has 0 bridgehead atoms. The van der Waals surface area contributed by atoms with Crippen LogP contribution in [-0.4, -0.2) is 5.16 Å². The first-order valence-corrected chi connectivity index (χ1v) is 5.44. The normalized spacial score (nSPS) is 10.9. The molecule has 0 fully saturated rings. The van der Waals surface area contributed by atoms with Gasteiger partial charge >= 0.3 is 0 Å². The zero-order chi connectivity index (χ0) is 10.8. The van der Waals surface area contributed by atoms with Crippen LogP contribution in [0.4, 0.5) is 0 Å². The Bertz CT molecular complexity index is 453. The molecule has 1 aromatic heterocycles. The van der Waals surface area contributed by atoms with E-state index < -0.39 is 4.84 Å². The van der Waals surface area contributed by atoms with Crippen molar-refractivity contribution in [3.63, 3.8) is 0 Å². The van der Waals surface area contributed by atoms with Gasteiger partial charge in [-0.25, -0.2) is 0 Å². The summed E-state index contributed by atoms with van der Waals surface area (Å²) in [6.45, 7) is 0. The van der Waals surface area contributed by atoms with Gasteiger partial charge < -0.3 is 4.52 Å². The highest BCUT2D eigenvalue weighted by atomic mass is 35.5. The van der Waals surface area contributed by atoms with E-state index in [9.17, 15) is 0 Å². The zero-order valence-corrected chi connectivity index (χ0v) is 9.72. The van der Waals surface area contributed by atoms with Crippen molar-refractivity contribution in [2.75, 3.05) is 0 Å². The first-order valence-electron chi connectivity index (χ1n) is 4.19. The first kappa shape index (κ1) is 10.8. The Labute approximate surface area is 102 Å². The topological polar surface area (TPSA) is 26.0 Å². The summed E-state index contributed by atoms with van der Waals surface area (Å²) in [6.07, 6.45) is 0. The average molecular weight is 263 g/mol. The van der Waals surface area contributed by atoms with Crippen molar-refractivity contribution in [2.45, 2.75) is 4.84 Å². The molecule has 0 atom stereocenters. The summed E-state index contributed by atoms with van der Waals surface area (Å²) in [5, 5.41) is 3.96. The molecule has 0 saturated carbocycles. The maximum absolute atomic E-state index is 5.79. The fourth-order valence-electron chi connectivity index (χ4n) is 1.27. The SMILES string of the molecule is Clc1onc(-c2ccccc2)c1C(Cl)Cl. The maximum atomic E-state index is 5.79. The van der Waals surface area contributed by atoms with E-state index in [-0.39, 0.29) is 5.22 Å². The van der Waals surface area contributed by atoms with Gasteiger partial charge in [-0.15, -0.1) is 0 Å². The number of rotatable bonds is 2. The predicted octanol–water partition coefficient (Wildman–Crippen LogP) is 4.47. The van der Waals surface area contributed by atoms with Crippen molar-refractivity contribution in [1.29, 1.82) is 0 Å². The summed E-state index contributed by atoms with van der Waals surface area (Å²) in [6, 6.07) is 9.45. The smallest absolute Gasteiger partial charge is 0.232 e. The summed E-state index contributed by atoms with van der Waals surface area (Å²) < 4.78 is 4.86. The molecule has 0 spiro atoms. The van der Waals surface area contributed by atoms with Crippen LogP contribution in [0.2, 0.25) is 5.22 Å². The van der Waals surface area contributed by atoms with E-state index in [1.165, 1.54) is 0 Å². The molecule has 0 aliphatic heterocycles. The largest absolute Gasteiger partial charge is 0.343 e. The van der Waals surface area contributed by atoms with Crippen molar-refractivity contribution in [3.05, 3.63) is 41.1 Å². The van der Waals surface area contributed by atoms with Crippen LogP contribution < -0.4 is 0 Å². The quantitative estimate of drug-likeness (QED) is 0.746. The van der Waals surface area contributed by atoms with E-state index in [2.05, 4.69) is 5.16 Å². The Balaban J connectivity index is 2.54. The van der Waals surface area contributed by atoms with Gasteiger partial charge in [0.25, 0.3) is 0 Å². The van der Waals surface area contributed by atoms with Gasteiger partial charge in [0.15, 0.2) is 0 Å². The Morgan fingerprint density at radius 1 is 1.13 bits per heavy atom. The lowest BCUT2D eigenvalue weighted by molar-refractivity contribution is 0.423. The van der Waals surface area contributed by atoms with Crippen molar-refractivity contribution < 1.29 is 4.52 Å². The lowest BCUT2D eigenvalue weighted by atomic mass is 10.1. The van der Waals surface area contributed by atoms with Gasteiger partial charge in [0, 0.05) is 5.56 Å². The first-order chi connectivity index (χ1) is 7.20. The Morgan fingerprint density at radius 2 is 1.80 bits per heavy atom. The molecule has 15 heavy (non-hydrogen) atoms. The molecule has 0 radical (unpaired) electrons. The molecule has 5 heteroatoms. The molecule has 0 N–H and O–H groups in total. The van der Waals surface area contributed by atoms with Gasteiger partial charge in [0.05, 0.1) is 5.56 Å². The summed E-state index contributed by atoms with van der Waals surface area (Å²) in [4.78, 5) is -0.751. The fraction of sp³-hybridized carbons (Fsp3) is 0.100. The highest BCUT2D eigenvalue weighted by Crippen LogP contribution is 2.38. The minimum Gasteiger partial charge on any atom is -0.343 e. The number of benzene rings is 1. The van der Waals surface area contributed by atoms with E-state index >= 15 is 0 Å². The number of alkyl halides is 2. The van der Waals surface area contributed by atoms with Crippen molar-refractivity contribution in [3.8, 4) is 11.3 Å². The second-order valence-electron chi connectivity index (χ2n) is 2.89. The molecule has 1 heterocycles. The van der Waals surface area contributed by atoms with E-state index in [0.29, 0.717) is 11.3 Å². The summed E-state index contributed by atoms with van der Waals surface area (Å²) >= 11 is 17.4. The molecule has 2 rings (SSSR count). The van der Waals surface area contributed by atoms with Crippen LogP contribution in [-0.2, 0) is 0 Å². The maximum Gasteiger partial charge on any atom is 0.232 e. The Kier molecular flexibility index (Phi) is 3.19. The molecule has 2 aromatic rings. The fourth-order valence-corrected chi connectivity index (χ4v) is 2.02. The third-order valence-electron chi connectivity index (χ3n) is 1.95. The van der Waals surface area contributed by atoms with Crippen molar-refractivity contribution in [2.24, 2.45) is 0 Å². The molecule has 0 aliphatic carbocycles. The van der Waals surface area contributed by atoms with Gasteiger partial charge in [0.2, 0.25) is 5.22 Å². The zero-order valence-electron chi connectivity index (χ0n) is 7.45. The van der Waals surface area contributed by atoms with Crippen LogP contribution in [0.1, 0.15) is 10.4 Å². The van der Waals surface area contributed by atoms with Crippen LogP contribution in [0.5, 0.6) is 0 Å². The Morgan fingerprint density at radius 3 is 2.40 bits per heavy atom. The number of halogens is 3. The molecule has 0 aliphatic rings. The van der Waals surface area contributed by atoms with Crippen LogP contribution in [0, 0.1) is 0 Å². The van der Waals surface area contributed by atoms with E-state index in [4.69, 9.17) is 39.3 Å². The lowest BCUT2D eigenvalue weighted by Gasteiger charge is -2.01. The van der Waals surface area contributed by atoms with E-state index in [1.807, 2.05) is 30.3 Å². The van der Waals surface area contributed by atoms with Gasteiger partial charge in [-0.05, 0) is 11.6 Å². The Hall–Kier alpha value is -0.700. The highest BCUT2D eigenvalue weighted by molar-refractivity contribution is 6.45. The van der Waals surface area contributed by atoms with Crippen LogP contribution >= 0.6 is 34.8 Å².